The molecule has 0 spiro atoms. The third-order valence-electron chi connectivity index (χ3n) is 19.2. The fourth-order valence-electron chi connectivity index (χ4n) is 12.5. The molecule has 8 aromatic carbocycles. The van der Waals surface area contributed by atoms with Gasteiger partial charge in [-0.3, -0.25) is 56.2 Å². The molecule has 19 rings (SSSR count). The second kappa shape index (κ2) is 70.8. The number of nitrogens with two attached hydrogens (primary N) is 3. The van der Waals surface area contributed by atoms with E-state index >= 15 is 0 Å². The number of nitro groups is 2. The summed E-state index contributed by atoms with van der Waals surface area (Å²) in [4.78, 5) is 100. The van der Waals surface area contributed by atoms with Gasteiger partial charge in [0.1, 0.15) is 35.5 Å². The number of nitrogen functional groups attached to an aromatic ring is 1. The van der Waals surface area contributed by atoms with Gasteiger partial charge in [-0.25, -0.2) is 40.3 Å². The maximum Gasteiger partial charge on any atom is 1.00 e. The Labute approximate surface area is 961 Å². The van der Waals surface area contributed by atoms with E-state index in [0.717, 1.165) is 66.0 Å². The number of benzene rings is 8. The number of fused-ring (bicyclic) bond motifs is 2. The number of nitrogens with zero attached hydrogens (tertiary/aromatic N) is 11. The molecule has 802 valence electrons. The number of nitro benzene ring substituents is 2. The third-order valence-corrected chi connectivity index (χ3v) is 20.3. The van der Waals surface area contributed by atoms with Crippen LogP contribution in [-0.2, 0) is 42.6 Å². The van der Waals surface area contributed by atoms with E-state index in [0.29, 0.717) is 45.8 Å². The number of aliphatic hydroxyl groups excluding tert-OH is 3. The van der Waals surface area contributed by atoms with Crippen molar-refractivity contribution in [3.63, 3.8) is 0 Å². The van der Waals surface area contributed by atoms with Gasteiger partial charge in [0.25, 0.3) is 23.2 Å². The van der Waals surface area contributed by atoms with Crippen molar-refractivity contribution >= 4 is 179 Å². The fraction of sp³-hybridized carbons (Fsp3) is 0.432. The topological polar surface area (TPSA) is 478 Å². The van der Waals surface area contributed by atoms with Crippen molar-refractivity contribution in [3.05, 3.63) is 246 Å². The van der Waals surface area contributed by atoms with Gasteiger partial charge in [-0.15, -0.1) is 58.0 Å². The number of cyclic esters (lactones) is 2. The Morgan fingerprint density at radius 3 is 1.14 bits per heavy atom. The summed E-state index contributed by atoms with van der Waals surface area (Å²) in [6.07, 6.45) is -3.01. The van der Waals surface area contributed by atoms with Crippen molar-refractivity contribution in [1.82, 2.24) is 10.2 Å². The molecule has 147 heavy (non-hydrogen) atoms. The fourth-order valence-corrected chi connectivity index (χ4v) is 12.9. The van der Waals surface area contributed by atoms with Crippen LogP contribution >= 0.6 is 80.6 Å². The minimum atomic E-state index is -2.32. The van der Waals surface area contributed by atoms with Crippen LogP contribution in [-0.4, -0.2) is 322 Å². The second-order valence-corrected chi connectivity index (χ2v) is 30.5. The number of imide groups is 2. The third kappa shape index (κ3) is 42.2. The normalized spacial score (nSPS) is 24.2. The minimum absolute atomic E-state index is 0. The Balaban J connectivity index is 0.000000344. The van der Waals surface area contributed by atoms with Crippen LogP contribution in [0.1, 0.15) is 82.6 Å². The van der Waals surface area contributed by atoms with Crippen LogP contribution < -0.4 is 114 Å². The van der Waals surface area contributed by atoms with Gasteiger partial charge in [-0.1, -0.05) is 59.0 Å². The number of halogens is 13. The number of nitrogens with one attached hydrogen (secondary N) is 2. The van der Waals surface area contributed by atoms with Crippen molar-refractivity contribution < 1.29 is 213 Å². The number of morpholine rings is 6. The summed E-state index contributed by atoms with van der Waals surface area (Å²) in [5, 5.41) is 53.3. The van der Waals surface area contributed by atoms with Crippen LogP contribution in [0.5, 0.6) is 0 Å². The number of non-ortho nitro benzene ring substituents is 2. The molecule has 6 amide bonds. The van der Waals surface area contributed by atoms with Gasteiger partial charge in [0, 0.05) is 135 Å². The second-order valence-electron chi connectivity index (χ2n) is 28.8. The van der Waals surface area contributed by atoms with Crippen LogP contribution in [0.25, 0.3) is 5.32 Å². The van der Waals surface area contributed by atoms with Crippen molar-refractivity contribution in [2.24, 2.45) is 11.7 Å². The number of rotatable bonds is 17. The molecule has 9 saturated heterocycles. The summed E-state index contributed by atoms with van der Waals surface area (Å²) < 4.78 is 325. The summed E-state index contributed by atoms with van der Waals surface area (Å²) in [5.74, 6) is 1.15. The van der Waals surface area contributed by atoms with E-state index in [4.69, 9.17) is 137 Å². The zero-order chi connectivity index (χ0) is 129. The molecular formula is C95H118Cl5F7IKN16O22. The Morgan fingerprint density at radius 2 is 0.823 bits per heavy atom. The first-order valence-electron chi connectivity index (χ1n) is 55.2. The van der Waals surface area contributed by atoms with Crippen LogP contribution in [0.15, 0.2) is 158 Å². The predicted molar refractivity (Wildman–Crippen MR) is 553 cm³/mol. The zero-order valence-electron chi connectivity index (χ0n) is 103. The number of epoxide rings is 1. The molecule has 9 fully saturated rings. The molecule has 11 heterocycles. The SMILES string of the molecule is CCO.CO.ClCCl.ClC[C@H]1CO1.NN.O=C1[N-]C(=O)c2ccccc21.O=[N+]([O-])c1ccc(F)c(F)c1.[2H]C1([2H])CN(c2ccc(N)cc2F)CC([2H])([2H])O1.[2H]C1([2H])CN(c2ccc(N3C[C@H](CCl)OC3=O)cc2F)CC([2H])([2H])O1.[2H]C1([2H])CN(c2ccc(N3C[C@H](CN4C(=O)c5ccccc5C4=O)OC3=O)cc2F)CC([2H])([2H])O1.[2H]C1([2H])CN(c2ccc(NC[C@@H](O)CCl)cc2F)CC([2H])([2H])O1.[2H]C1([2H])CN(c2ccc([N+](=O)[O-])cc2F)CC([2H])([2H])O1.[2H]C1([2H])CNCC([2H])([2H])O1.[2H]CI.[K+]. The molecule has 11 aliphatic heterocycles. The first-order chi connectivity index (χ1) is 79.4. The van der Waals surface area contributed by atoms with Gasteiger partial charge in [-0.05, 0) is 109 Å². The summed E-state index contributed by atoms with van der Waals surface area (Å²) >= 11 is 27.9. The standard InChI is InChI=1S/C22H20FN3O5.C14H16ClFN2O3.C13H18ClFN2O2.C10H11FN2O3.C10H13FN2O.C8H5NO2.C6H3F2NO2.C4H9NO.C3H5ClO.C2H6O.CH2Cl2.CH3I.CH4O.K.H4N2/c23-18-11-14(5-6-19(18)24-7-9-30-10-8-24)25-12-15(31-22(25)29)13-26-20(27)16-3-1-2-4-17(16)21(26)28;15-8-11-9-18(14(19)21-11)10-1-2-13(12(16)7-10)17-3-5-20-6-4-17;14-8-11(18)9-16-10-1-2-13(12(15)7-10)17-3-5-19-6-4-17;11-9-7-8(13(14)15)1-2-10(9)12-3-5-16-6-4-12;11-9-7-8(12)1-2-10(9)13-3-5-14-6-4-13;10-7-5-3-1-2-4-6(5)8(11)9-7;7-5-2-1-4(9(10)11)3-6(5)8;1-3-6-4-2-5-1;4-1-3-2-5-3;1-2-3;2-1-3;2*1-2;;1-2/h1-6,11,15H,7-10,12-13H2;1-2,7,11H,3-6,8-9H2;1-2,7,11,16,18H,3-6,8-9H2;1-2,7H,3-6H2;1-2,7H,3-6,12H2;1-4H,(H,9,10,11);1-3H;5H,1-4H2;3H,1-2H2;3H,2H2,1H3;1H2;1H3;2H,1H3;;1-2H2/q;;;;;;;;;;;;;+1;/p-1/t15-;2*11-;;;;;;3-;;;;;;/m100.....0....../s1/i9D2,10D2;4*5D2,6D2;;;3D2,4D2;;;;1D;;;. The van der Waals surface area contributed by atoms with Gasteiger partial charge in [0.15, 0.2) is 17.5 Å². The Morgan fingerprint density at radius 1 is 0.497 bits per heavy atom. The molecule has 38 nitrogen and oxygen atoms in total. The Hall–Kier alpha value is -9.21. The minimum Gasteiger partial charge on any atom is -0.587 e. The summed E-state index contributed by atoms with van der Waals surface area (Å²) in [6, 6.07) is 34.2. The molecule has 0 saturated carbocycles. The molecule has 0 aromatic heterocycles. The number of ether oxygens (including phenoxy) is 9. The zero-order valence-corrected chi connectivity index (χ0v) is 87.3. The van der Waals surface area contributed by atoms with E-state index in [2.05, 4.69) is 41.8 Å². The number of aliphatic hydroxyl groups is 3. The molecule has 0 bridgehead atoms. The van der Waals surface area contributed by atoms with Crippen molar-refractivity contribution in [2.45, 2.75) is 31.3 Å². The summed E-state index contributed by atoms with van der Waals surface area (Å²) in [7, 11) is 1.00. The molecule has 4 atom stereocenters. The average molecular weight is 2340 g/mol. The molecule has 11 aliphatic rings. The van der Waals surface area contributed by atoms with E-state index < -0.39 is 195 Å². The Kier molecular flexibility index (Phi) is 44.6. The van der Waals surface area contributed by atoms with Gasteiger partial charge < -0.3 is 114 Å². The average Bonchev–Trinajstić information content (AvgIpc) is 1.74. The number of hydrogen-bond donors (Lipinski definition) is 8. The van der Waals surface area contributed by atoms with Gasteiger partial charge in [0.05, 0.1) is 258 Å². The van der Waals surface area contributed by atoms with E-state index in [1.165, 1.54) is 77.9 Å². The number of amides is 6. The Bertz CT molecular complexity index is 6530. The van der Waals surface area contributed by atoms with Crippen LogP contribution in [0.3, 0.4) is 0 Å². The number of alkyl halides is 6. The quantitative estimate of drug-likeness (QED) is 0.00401. The molecule has 8 aromatic rings. The number of anilines is 9. The van der Waals surface area contributed by atoms with Crippen LogP contribution in [0.4, 0.5) is 103 Å². The number of carbonyl (C=O) groups excluding carboxylic acids is 6. The van der Waals surface area contributed by atoms with Gasteiger partial charge in [-0.2, -0.15) is 0 Å². The van der Waals surface area contributed by atoms with Crippen LogP contribution in [0.2, 0.25) is 0 Å². The van der Waals surface area contributed by atoms with Crippen LogP contribution in [0, 0.1) is 60.9 Å². The van der Waals surface area contributed by atoms with Gasteiger partial charge in [0.2, 0.25) is 0 Å². The molecular weight excluding hydrogens is 2190 g/mol. The maximum absolute atomic E-state index is 15.0. The predicted octanol–water partition coefficient (Wildman–Crippen LogP) is 10.4. The summed E-state index contributed by atoms with van der Waals surface area (Å²) in [5.41, 5.74) is 7.19. The van der Waals surface area contributed by atoms with E-state index in [1.54, 1.807) is 61.5 Å². The van der Waals surface area contributed by atoms with E-state index in [9.17, 15) is 84.8 Å². The van der Waals surface area contributed by atoms with Gasteiger partial charge >= 0.3 is 63.6 Å². The van der Waals surface area contributed by atoms with Crippen molar-refractivity contribution in [3.8, 4) is 0 Å². The molecule has 52 heteroatoms. The molecule has 0 unspecified atom stereocenters. The largest absolute Gasteiger partial charge is 1.00 e. The maximum atomic E-state index is 15.0. The number of carbonyl (C=O) groups is 6. The molecule has 11 N–H and O–H groups in total. The number of hydrazine groups is 1. The van der Waals surface area contributed by atoms with Crippen molar-refractivity contribution in [2.75, 3.05) is 277 Å². The first-order valence-corrected chi connectivity index (χ1v) is 46.7. The first kappa shape index (κ1) is 92.7. The monoisotopic (exact) mass is 2330 g/mol. The smallest absolute Gasteiger partial charge is 0.587 e. The number of hydrogen-bond acceptors (Lipinski definition) is 32. The summed E-state index contributed by atoms with van der Waals surface area (Å²) in [6.45, 7) is -26.3. The van der Waals surface area contributed by atoms with Crippen molar-refractivity contribution in [1.29, 1.82) is 0 Å². The van der Waals surface area contributed by atoms with E-state index in [-0.39, 0.29) is 236 Å². The molecule has 0 aliphatic carbocycles. The van der Waals surface area contributed by atoms with E-state index in [1.807, 2.05) is 22.6 Å². The molecule has 0 radical (unpaired) electrons.